The monoisotopic (exact) mass is 845 g/mol. The van der Waals surface area contributed by atoms with Gasteiger partial charge >= 0.3 is 0 Å². The predicted octanol–water partition coefficient (Wildman–Crippen LogP) is 17.3. The molecule has 66 heavy (non-hydrogen) atoms. The molecule has 1 aliphatic rings. The number of para-hydroxylation sites is 2. The average Bonchev–Trinajstić information content (AvgIpc) is 3.74. The zero-order chi connectivity index (χ0) is 44.1. The van der Waals surface area contributed by atoms with Gasteiger partial charge in [-0.25, -0.2) is 0 Å². The SMILES string of the molecule is C/C1=C/C=C\Cc2cccc(-c3ccc4c(c3)c3ccccc3n4-c3ccc4c(-c5ccc(-c6ccccc6)cc5)c5ccccc5c(-c5ccc(-c6ccccc6)cc5)c4c3)c2OC1C. The van der Waals surface area contributed by atoms with Gasteiger partial charge in [-0.15, -0.1) is 0 Å². The summed E-state index contributed by atoms with van der Waals surface area (Å²) in [5, 5.41) is 7.34. The molecule has 10 aromatic carbocycles. The highest BCUT2D eigenvalue weighted by Gasteiger charge is 2.21. The molecule has 1 aliphatic heterocycles. The lowest BCUT2D eigenvalue weighted by atomic mass is 9.85. The molecule has 0 spiro atoms. The van der Waals surface area contributed by atoms with E-state index in [2.05, 4.69) is 249 Å². The summed E-state index contributed by atoms with van der Waals surface area (Å²) in [6.45, 7) is 4.29. The van der Waals surface area contributed by atoms with Gasteiger partial charge in [-0.2, -0.15) is 0 Å². The second kappa shape index (κ2) is 16.4. The van der Waals surface area contributed by atoms with E-state index in [4.69, 9.17) is 4.74 Å². The van der Waals surface area contributed by atoms with E-state index in [1.807, 2.05) is 0 Å². The largest absolute Gasteiger partial charge is 0.485 e. The summed E-state index contributed by atoms with van der Waals surface area (Å²) in [4.78, 5) is 0. The molecule has 0 amide bonds. The number of aromatic nitrogens is 1. The normalized spacial score (nSPS) is 15.1. The topological polar surface area (TPSA) is 14.2 Å². The van der Waals surface area contributed by atoms with Crippen LogP contribution in [0.5, 0.6) is 5.75 Å². The molecule has 2 nitrogen and oxygen atoms in total. The molecule has 0 N–H and O–H groups in total. The first kappa shape index (κ1) is 39.4. The highest BCUT2D eigenvalue weighted by atomic mass is 16.5. The molecule has 0 saturated carbocycles. The lowest BCUT2D eigenvalue weighted by Crippen LogP contribution is -2.14. The summed E-state index contributed by atoms with van der Waals surface area (Å²) < 4.78 is 9.25. The highest BCUT2D eigenvalue weighted by Crippen LogP contribution is 2.46. The Morgan fingerprint density at radius 3 is 1.62 bits per heavy atom. The fourth-order valence-corrected chi connectivity index (χ4v) is 10.2. The van der Waals surface area contributed by atoms with E-state index in [-0.39, 0.29) is 6.10 Å². The number of hydrogen-bond donors (Lipinski definition) is 0. The van der Waals surface area contributed by atoms with Gasteiger partial charge in [-0.3, -0.25) is 0 Å². The molecule has 0 saturated heterocycles. The van der Waals surface area contributed by atoms with Crippen LogP contribution in [0.25, 0.3) is 105 Å². The first-order chi connectivity index (χ1) is 32.6. The van der Waals surface area contributed by atoms with Crippen LogP contribution in [0.1, 0.15) is 19.4 Å². The van der Waals surface area contributed by atoms with Gasteiger partial charge in [-0.1, -0.05) is 200 Å². The van der Waals surface area contributed by atoms with Crippen molar-refractivity contribution in [3.63, 3.8) is 0 Å². The zero-order valence-corrected chi connectivity index (χ0v) is 37.1. The molecule has 314 valence electrons. The van der Waals surface area contributed by atoms with Crippen LogP contribution >= 0.6 is 0 Å². The summed E-state index contributed by atoms with van der Waals surface area (Å²) in [6, 6.07) is 78.0. The Morgan fingerprint density at radius 2 is 0.955 bits per heavy atom. The minimum Gasteiger partial charge on any atom is -0.485 e. The maximum Gasteiger partial charge on any atom is 0.131 e. The average molecular weight is 846 g/mol. The van der Waals surface area contributed by atoms with E-state index in [0.29, 0.717) is 0 Å². The summed E-state index contributed by atoms with van der Waals surface area (Å²) in [7, 11) is 0. The number of benzene rings is 10. The van der Waals surface area contributed by atoms with E-state index >= 15 is 0 Å². The molecule has 1 aromatic heterocycles. The lowest BCUT2D eigenvalue weighted by molar-refractivity contribution is 0.257. The van der Waals surface area contributed by atoms with E-state index in [9.17, 15) is 0 Å². The van der Waals surface area contributed by atoms with Crippen LogP contribution in [0, 0.1) is 0 Å². The summed E-state index contributed by atoms with van der Waals surface area (Å²) in [6.07, 6.45) is 7.33. The second-order valence-corrected chi connectivity index (χ2v) is 17.6. The number of ether oxygens (including phenoxy) is 1. The van der Waals surface area contributed by atoms with Crippen LogP contribution in [0.3, 0.4) is 0 Å². The van der Waals surface area contributed by atoms with Crippen molar-refractivity contribution in [1.29, 1.82) is 0 Å². The van der Waals surface area contributed by atoms with Gasteiger partial charge in [-0.05, 0) is 133 Å². The van der Waals surface area contributed by atoms with E-state index < -0.39 is 0 Å². The Bertz CT molecular complexity index is 3690. The minimum absolute atomic E-state index is 0.0378. The maximum absolute atomic E-state index is 6.79. The summed E-state index contributed by atoms with van der Waals surface area (Å²) in [5.41, 5.74) is 17.8. The molecule has 0 bridgehead atoms. The lowest BCUT2D eigenvalue weighted by Gasteiger charge is -2.21. The van der Waals surface area contributed by atoms with Crippen molar-refractivity contribution in [2.75, 3.05) is 0 Å². The molecule has 0 fully saturated rings. The van der Waals surface area contributed by atoms with Crippen molar-refractivity contribution in [2.45, 2.75) is 26.4 Å². The van der Waals surface area contributed by atoms with Crippen molar-refractivity contribution in [2.24, 2.45) is 0 Å². The van der Waals surface area contributed by atoms with Crippen LogP contribution in [0.4, 0.5) is 0 Å². The number of fused-ring (bicyclic) bond motifs is 6. The van der Waals surface area contributed by atoms with Crippen molar-refractivity contribution in [1.82, 2.24) is 4.57 Å². The Kier molecular flexibility index (Phi) is 9.80. The summed E-state index contributed by atoms with van der Waals surface area (Å²) in [5.74, 6) is 0.962. The van der Waals surface area contributed by atoms with E-state index in [1.165, 1.54) is 93.5 Å². The van der Waals surface area contributed by atoms with Crippen LogP contribution in [0.2, 0.25) is 0 Å². The Balaban J connectivity index is 1.07. The standard InChI is InChI=1S/C64H47NO/c1-42-16-9-10-21-50-22-15-26-53(64(50)66-43(42)2)51-36-39-61-58(40-51)54-23-13-14-27-60(54)65(61)52-37-38-57-59(41-52)63(49-34-30-47(31-35-49)45-19-7-4-8-20-45)56-25-12-11-24-55(56)62(57)48-32-28-46(29-33-48)44-17-5-3-6-18-44/h3-20,22-41,43H,21H2,1-2H3/b10-9-,42-16-. The molecule has 1 atom stereocenters. The number of hydrogen-bond acceptors (Lipinski definition) is 1. The third-order valence-electron chi connectivity index (χ3n) is 13.7. The fourth-order valence-electron chi connectivity index (χ4n) is 10.2. The minimum atomic E-state index is -0.0378. The Hall–Kier alpha value is -8.20. The Labute approximate surface area is 386 Å². The van der Waals surface area contributed by atoms with Gasteiger partial charge in [0.15, 0.2) is 0 Å². The molecule has 1 unspecified atom stereocenters. The fraction of sp³-hybridized carbons (Fsp3) is 0.0625. The van der Waals surface area contributed by atoms with Crippen LogP contribution in [-0.2, 0) is 6.42 Å². The molecule has 2 heterocycles. The van der Waals surface area contributed by atoms with Crippen LogP contribution in [-0.4, -0.2) is 10.7 Å². The maximum atomic E-state index is 6.79. The first-order valence-electron chi connectivity index (χ1n) is 23.0. The van der Waals surface area contributed by atoms with Crippen molar-refractivity contribution >= 4 is 43.4 Å². The van der Waals surface area contributed by atoms with E-state index in [0.717, 1.165) is 34.5 Å². The second-order valence-electron chi connectivity index (χ2n) is 17.6. The summed E-state index contributed by atoms with van der Waals surface area (Å²) >= 11 is 0. The van der Waals surface area contributed by atoms with Gasteiger partial charge in [0.1, 0.15) is 11.9 Å². The van der Waals surface area contributed by atoms with Gasteiger partial charge in [0.05, 0.1) is 11.0 Å². The molecule has 0 aliphatic carbocycles. The predicted molar refractivity (Wildman–Crippen MR) is 280 cm³/mol. The molecule has 0 radical (unpaired) electrons. The number of allylic oxidation sites excluding steroid dienone is 3. The quantitative estimate of drug-likeness (QED) is 0.152. The van der Waals surface area contributed by atoms with Gasteiger partial charge in [0.2, 0.25) is 0 Å². The van der Waals surface area contributed by atoms with Gasteiger partial charge in [0, 0.05) is 22.0 Å². The van der Waals surface area contributed by atoms with E-state index in [1.54, 1.807) is 0 Å². The van der Waals surface area contributed by atoms with Gasteiger partial charge in [0.25, 0.3) is 0 Å². The Morgan fingerprint density at radius 1 is 0.424 bits per heavy atom. The molecule has 11 aromatic rings. The van der Waals surface area contributed by atoms with Crippen LogP contribution < -0.4 is 4.74 Å². The first-order valence-corrected chi connectivity index (χ1v) is 23.0. The van der Waals surface area contributed by atoms with Crippen molar-refractivity contribution in [3.05, 3.63) is 242 Å². The number of rotatable bonds is 6. The molecular weight excluding hydrogens is 799 g/mol. The third-order valence-corrected chi connectivity index (χ3v) is 13.7. The third kappa shape index (κ3) is 6.82. The highest BCUT2D eigenvalue weighted by molar-refractivity contribution is 6.22. The molecule has 12 rings (SSSR count). The van der Waals surface area contributed by atoms with Crippen molar-refractivity contribution < 1.29 is 4.74 Å². The zero-order valence-electron chi connectivity index (χ0n) is 37.1. The van der Waals surface area contributed by atoms with Gasteiger partial charge < -0.3 is 9.30 Å². The van der Waals surface area contributed by atoms with Crippen molar-refractivity contribution in [3.8, 4) is 67.1 Å². The van der Waals surface area contributed by atoms with Crippen LogP contribution in [0.15, 0.2) is 236 Å². The smallest absolute Gasteiger partial charge is 0.131 e. The molecular formula is C64H47NO. The number of nitrogens with zero attached hydrogens (tertiary/aromatic N) is 1. The molecule has 2 heteroatoms.